The lowest BCUT2D eigenvalue weighted by molar-refractivity contribution is -0.384. The van der Waals surface area contributed by atoms with E-state index in [-0.39, 0.29) is 11.6 Å². The van der Waals surface area contributed by atoms with E-state index < -0.39 is 11.0 Å². The summed E-state index contributed by atoms with van der Waals surface area (Å²) in [4.78, 5) is 14.3. The number of rotatable bonds is 4. The topological polar surface area (TPSA) is 85.5 Å². The van der Waals surface area contributed by atoms with Crippen LogP contribution in [0.15, 0.2) is 41.0 Å². The summed E-state index contributed by atoms with van der Waals surface area (Å²) < 4.78 is 6.08. The predicted octanol–water partition coefficient (Wildman–Crippen LogP) is 3.60. The molecular weight excluding hydrogens is 328 g/mol. The predicted molar refractivity (Wildman–Crippen MR) is 75.7 cm³/mol. The van der Waals surface area contributed by atoms with Gasteiger partial charge in [-0.3, -0.25) is 10.1 Å². The van der Waals surface area contributed by atoms with Crippen LogP contribution in [-0.4, -0.2) is 15.0 Å². The molecular formula is C13H11BrN2O4. The fourth-order valence-corrected chi connectivity index (χ4v) is 1.82. The maximum absolute atomic E-state index is 10.7. The number of pyridine rings is 1. The summed E-state index contributed by atoms with van der Waals surface area (Å²) in [6.45, 7) is 1.63. The van der Waals surface area contributed by atoms with Crippen LogP contribution < -0.4 is 4.74 Å². The maximum atomic E-state index is 10.7. The van der Waals surface area contributed by atoms with Crippen molar-refractivity contribution in [3.8, 4) is 11.6 Å². The molecule has 2 rings (SSSR count). The van der Waals surface area contributed by atoms with Crippen molar-refractivity contribution in [2.45, 2.75) is 13.0 Å². The van der Waals surface area contributed by atoms with Crippen LogP contribution in [0.4, 0.5) is 5.69 Å². The minimum atomic E-state index is -0.610. The van der Waals surface area contributed by atoms with Gasteiger partial charge >= 0.3 is 0 Å². The van der Waals surface area contributed by atoms with Crippen LogP contribution in [0.2, 0.25) is 0 Å². The Hall–Kier alpha value is -1.99. The quantitative estimate of drug-likeness (QED) is 0.679. The molecule has 1 aromatic heterocycles. The molecule has 20 heavy (non-hydrogen) atoms. The van der Waals surface area contributed by atoms with E-state index >= 15 is 0 Å². The molecule has 0 saturated heterocycles. The van der Waals surface area contributed by atoms with E-state index in [1.807, 2.05) is 0 Å². The molecule has 0 spiro atoms. The molecule has 0 amide bonds. The number of aliphatic hydroxyl groups excluding tert-OH is 1. The van der Waals surface area contributed by atoms with E-state index in [4.69, 9.17) is 4.74 Å². The summed E-state index contributed by atoms with van der Waals surface area (Å²) in [6.07, 6.45) is 0.881. The van der Waals surface area contributed by atoms with Gasteiger partial charge in [-0.1, -0.05) is 0 Å². The number of aromatic nitrogens is 1. The van der Waals surface area contributed by atoms with E-state index in [1.54, 1.807) is 19.1 Å². The van der Waals surface area contributed by atoms with Gasteiger partial charge < -0.3 is 9.84 Å². The van der Waals surface area contributed by atoms with Crippen LogP contribution in [0.25, 0.3) is 0 Å². The Balaban J connectivity index is 2.25. The molecule has 7 heteroatoms. The second-order valence-electron chi connectivity index (χ2n) is 4.08. The summed E-state index contributed by atoms with van der Waals surface area (Å²) in [7, 11) is 0. The van der Waals surface area contributed by atoms with Crippen LogP contribution in [-0.2, 0) is 0 Å². The highest BCUT2D eigenvalue weighted by Gasteiger charge is 2.12. The number of benzene rings is 1. The number of halogens is 1. The van der Waals surface area contributed by atoms with Crippen molar-refractivity contribution in [1.29, 1.82) is 0 Å². The first-order chi connectivity index (χ1) is 9.47. The van der Waals surface area contributed by atoms with E-state index in [0.29, 0.717) is 15.8 Å². The van der Waals surface area contributed by atoms with Crippen LogP contribution in [0.1, 0.15) is 18.6 Å². The lowest BCUT2D eigenvalue weighted by Gasteiger charge is -2.08. The average molecular weight is 339 g/mol. The van der Waals surface area contributed by atoms with Gasteiger partial charge in [0.1, 0.15) is 0 Å². The first kappa shape index (κ1) is 14.4. The molecule has 0 aliphatic carbocycles. The Morgan fingerprint density at radius 1 is 1.40 bits per heavy atom. The summed E-state index contributed by atoms with van der Waals surface area (Å²) in [5, 5.41) is 20.1. The monoisotopic (exact) mass is 338 g/mol. The number of nitro benzene ring substituents is 1. The minimum Gasteiger partial charge on any atom is -0.438 e. The lowest BCUT2D eigenvalue weighted by Crippen LogP contribution is -1.95. The summed E-state index contributed by atoms with van der Waals surface area (Å²) in [6, 6.07) is 7.50. The molecule has 104 valence electrons. The van der Waals surface area contributed by atoms with Crippen molar-refractivity contribution in [1.82, 2.24) is 4.98 Å². The smallest absolute Gasteiger partial charge is 0.273 e. The number of hydrogen-bond acceptors (Lipinski definition) is 5. The molecule has 1 heterocycles. The molecule has 0 radical (unpaired) electrons. The van der Waals surface area contributed by atoms with Crippen molar-refractivity contribution in [2.24, 2.45) is 0 Å². The van der Waals surface area contributed by atoms with Crippen LogP contribution in [0.5, 0.6) is 11.6 Å². The second kappa shape index (κ2) is 5.98. The Kier molecular flexibility index (Phi) is 4.31. The van der Waals surface area contributed by atoms with Gasteiger partial charge in [-0.25, -0.2) is 4.98 Å². The molecule has 1 N–H and O–H groups in total. The van der Waals surface area contributed by atoms with Crippen LogP contribution in [0, 0.1) is 10.1 Å². The third kappa shape index (κ3) is 3.31. The minimum absolute atomic E-state index is 0.0659. The van der Waals surface area contributed by atoms with E-state index in [2.05, 4.69) is 20.9 Å². The number of nitro groups is 1. The zero-order chi connectivity index (χ0) is 14.7. The highest BCUT2D eigenvalue weighted by atomic mass is 79.9. The van der Waals surface area contributed by atoms with Crippen LogP contribution >= 0.6 is 15.9 Å². The normalized spacial score (nSPS) is 11.9. The molecule has 0 saturated carbocycles. The van der Waals surface area contributed by atoms with E-state index in [9.17, 15) is 15.2 Å². The number of nitrogens with zero attached hydrogens (tertiary/aromatic N) is 2. The first-order valence-corrected chi connectivity index (χ1v) is 6.52. The molecule has 1 atom stereocenters. The zero-order valence-corrected chi connectivity index (χ0v) is 12.1. The van der Waals surface area contributed by atoms with Crippen LogP contribution in [0.3, 0.4) is 0 Å². The largest absolute Gasteiger partial charge is 0.438 e. The summed E-state index contributed by atoms with van der Waals surface area (Å²) in [5.74, 6) is 0.590. The van der Waals surface area contributed by atoms with Crippen molar-refractivity contribution >= 4 is 21.6 Å². The Morgan fingerprint density at radius 3 is 2.70 bits per heavy atom. The van der Waals surface area contributed by atoms with Crippen molar-refractivity contribution in [3.63, 3.8) is 0 Å². The van der Waals surface area contributed by atoms with Crippen molar-refractivity contribution < 1.29 is 14.8 Å². The highest BCUT2D eigenvalue weighted by Crippen LogP contribution is 2.32. The molecule has 0 bridgehead atoms. The molecule has 6 nitrogen and oxygen atoms in total. The van der Waals surface area contributed by atoms with Gasteiger partial charge in [0, 0.05) is 18.3 Å². The number of aliphatic hydroxyl groups is 1. The maximum Gasteiger partial charge on any atom is 0.273 e. The Morgan fingerprint density at radius 2 is 2.15 bits per heavy atom. The van der Waals surface area contributed by atoms with Gasteiger partial charge in [-0.05, 0) is 40.5 Å². The van der Waals surface area contributed by atoms with Crippen molar-refractivity contribution in [2.75, 3.05) is 0 Å². The Bertz CT molecular complexity index is 629. The molecule has 1 aromatic carbocycles. The van der Waals surface area contributed by atoms with Gasteiger partial charge in [-0.2, -0.15) is 0 Å². The second-order valence-corrected chi connectivity index (χ2v) is 4.93. The highest BCUT2D eigenvalue weighted by molar-refractivity contribution is 9.10. The molecule has 2 aromatic rings. The zero-order valence-electron chi connectivity index (χ0n) is 10.5. The lowest BCUT2D eigenvalue weighted by atomic mass is 10.2. The van der Waals surface area contributed by atoms with Gasteiger partial charge in [0.15, 0.2) is 5.75 Å². The molecule has 0 unspecified atom stereocenters. The number of ether oxygens (including phenoxy) is 1. The van der Waals surface area contributed by atoms with E-state index in [1.165, 1.54) is 24.4 Å². The summed E-state index contributed by atoms with van der Waals surface area (Å²) in [5.41, 5.74) is 0.597. The van der Waals surface area contributed by atoms with Gasteiger partial charge in [0.05, 0.1) is 21.6 Å². The van der Waals surface area contributed by atoms with Crippen molar-refractivity contribution in [3.05, 3.63) is 56.7 Å². The van der Waals surface area contributed by atoms with Gasteiger partial charge in [-0.15, -0.1) is 0 Å². The molecule has 0 fully saturated rings. The van der Waals surface area contributed by atoms with E-state index in [0.717, 1.165) is 0 Å². The fraction of sp³-hybridized carbons (Fsp3) is 0.154. The van der Waals surface area contributed by atoms with Gasteiger partial charge in [0.25, 0.3) is 5.69 Å². The molecule has 0 aliphatic heterocycles. The average Bonchev–Trinajstić information content (AvgIpc) is 2.41. The third-order valence-electron chi connectivity index (χ3n) is 2.58. The van der Waals surface area contributed by atoms with Gasteiger partial charge in [0.2, 0.25) is 5.88 Å². The first-order valence-electron chi connectivity index (χ1n) is 5.73. The fourth-order valence-electron chi connectivity index (χ4n) is 1.50. The SMILES string of the molecule is C[C@H](O)c1ccc(Oc2cc([N+](=O)[O-])ccc2Br)nc1. The number of non-ortho nitro benzene ring substituents is 1. The Labute approximate surface area is 123 Å². The number of hydrogen-bond donors (Lipinski definition) is 1. The molecule has 0 aliphatic rings. The third-order valence-corrected chi connectivity index (χ3v) is 3.24. The summed E-state index contributed by atoms with van der Waals surface area (Å²) >= 11 is 3.26. The standard InChI is InChI=1S/C13H11BrN2O4/c1-8(17)9-2-5-13(15-7-9)20-12-6-10(16(18)19)3-4-11(12)14/h2-8,17H,1H3/t8-/m0/s1.